The fourth-order valence-corrected chi connectivity index (χ4v) is 5.13. The maximum atomic E-state index is 13.2. The molecule has 5 aromatic rings. The summed E-state index contributed by atoms with van der Waals surface area (Å²) in [7, 11) is 1.22. The summed E-state index contributed by atoms with van der Waals surface area (Å²) in [6, 6.07) is 25.3. The first-order valence-corrected chi connectivity index (χ1v) is 13.9. The molecule has 0 spiro atoms. The number of ether oxygens (including phenoxy) is 1. The van der Waals surface area contributed by atoms with E-state index in [2.05, 4.69) is 26.3 Å². The Hall–Kier alpha value is -4.71. The average Bonchev–Trinajstić information content (AvgIpc) is 3.31. The second-order valence-electron chi connectivity index (χ2n) is 8.69. The molecule has 0 aliphatic heterocycles. The van der Waals surface area contributed by atoms with Gasteiger partial charge < -0.3 is 20.7 Å². The Morgan fingerprint density at radius 3 is 2.00 bits per heavy atom. The predicted octanol–water partition coefficient (Wildman–Crippen LogP) is 8.40. The van der Waals surface area contributed by atoms with Crippen LogP contribution in [0.5, 0.6) is 0 Å². The van der Waals surface area contributed by atoms with Gasteiger partial charge in [0, 0.05) is 36.9 Å². The van der Waals surface area contributed by atoms with Crippen LogP contribution in [0.4, 0.5) is 37.4 Å². The van der Waals surface area contributed by atoms with E-state index in [1.54, 1.807) is 72.8 Å². The molecule has 0 fully saturated rings. The van der Waals surface area contributed by atoms with E-state index in [1.807, 2.05) is 18.2 Å². The molecule has 0 radical (unpaired) electrons. The molecular formula is C29H22Cl2N6O4S. The van der Waals surface area contributed by atoms with Gasteiger partial charge in [-0.15, -0.1) is 0 Å². The number of benzene rings is 4. The Morgan fingerprint density at radius 1 is 0.738 bits per heavy atom. The van der Waals surface area contributed by atoms with Crippen LogP contribution in [0.2, 0.25) is 10.0 Å². The van der Waals surface area contributed by atoms with Gasteiger partial charge in [0.1, 0.15) is 0 Å². The summed E-state index contributed by atoms with van der Waals surface area (Å²) >= 11 is 13.5. The van der Waals surface area contributed by atoms with Crippen LogP contribution in [-0.2, 0) is 4.74 Å². The third-order valence-electron chi connectivity index (χ3n) is 5.73. The number of fused-ring (bicyclic) bond motifs is 1. The topological polar surface area (TPSA) is 126 Å². The van der Waals surface area contributed by atoms with E-state index < -0.39 is 18.2 Å². The number of hydrogen-bond acceptors (Lipinski definition) is 6. The molecular weight excluding hydrogens is 599 g/mol. The van der Waals surface area contributed by atoms with Crippen molar-refractivity contribution >= 4 is 87.2 Å². The second kappa shape index (κ2) is 12.9. The van der Waals surface area contributed by atoms with Gasteiger partial charge in [0.2, 0.25) is 5.95 Å². The van der Waals surface area contributed by atoms with Crippen LogP contribution < -0.4 is 21.3 Å². The molecule has 0 aliphatic carbocycles. The van der Waals surface area contributed by atoms with Crippen LogP contribution in [0, 0.1) is 0 Å². The van der Waals surface area contributed by atoms with Crippen LogP contribution >= 0.6 is 35.0 Å². The van der Waals surface area contributed by atoms with Crippen molar-refractivity contribution in [3.05, 3.63) is 101 Å². The number of carbonyl (C=O) groups excluding carboxylic acids is 3. The molecule has 42 heavy (non-hydrogen) atoms. The van der Waals surface area contributed by atoms with Crippen molar-refractivity contribution < 1.29 is 19.1 Å². The lowest BCUT2D eigenvalue weighted by Gasteiger charge is -2.10. The third-order valence-corrected chi connectivity index (χ3v) is 7.20. The van der Waals surface area contributed by atoms with Gasteiger partial charge in [-0.05, 0) is 78.9 Å². The molecule has 10 nitrogen and oxygen atoms in total. The molecule has 0 bridgehead atoms. The Morgan fingerprint density at radius 2 is 1.36 bits per heavy atom. The minimum absolute atomic E-state index is 0.00925. The molecule has 0 saturated heterocycles. The molecule has 1 aromatic heterocycles. The summed E-state index contributed by atoms with van der Waals surface area (Å²) in [4.78, 5) is 43.7. The Balaban J connectivity index is 1.32. The lowest BCUT2D eigenvalue weighted by Crippen LogP contribution is -2.23. The monoisotopic (exact) mass is 620 g/mol. The number of carbonyl (C=O) groups is 3. The SMILES string of the molecule is COC(=O)Nc1nc2cc(Sc3ccc(NC(=O)Nc4cccc(Cl)c4)cc3)ccc2n1C(=O)Nc1cccc(Cl)c1. The molecule has 5 rings (SSSR count). The second-order valence-corrected chi connectivity index (χ2v) is 10.7. The molecule has 4 aromatic carbocycles. The minimum Gasteiger partial charge on any atom is -0.453 e. The van der Waals surface area contributed by atoms with E-state index in [0.29, 0.717) is 38.1 Å². The number of methoxy groups -OCH3 is 1. The number of amides is 4. The number of urea groups is 1. The van der Waals surface area contributed by atoms with Gasteiger partial charge in [-0.2, -0.15) is 0 Å². The van der Waals surface area contributed by atoms with E-state index in [-0.39, 0.29) is 5.95 Å². The van der Waals surface area contributed by atoms with Crippen LogP contribution in [0.25, 0.3) is 11.0 Å². The maximum absolute atomic E-state index is 13.2. The van der Waals surface area contributed by atoms with Crippen LogP contribution in [-0.4, -0.2) is 34.8 Å². The molecule has 212 valence electrons. The fourth-order valence-electron chi connectivity index (χ4n) is 3.90. The van der Waals surface area contributed by atoms with E-state index in [9.17, 15) is 14.4 Å². The third kappa shape index (κ3) is 7.13. The zero-order chi connectivity index (χ0) is 29.6. The molecule has 13 heteroatoms. The smallest absolute Gasteiger partial charge is 0.413 e. The number of hydrogen-bond donors (Lipinski definition) is 4. The molecule has 4 amide bonds. The largest absolute Gasteiger partial charge is 0.453 e. The highest BCUT2D eigenvalue weighted by Gasteiger charge is 2.20. The molecule has 0 atom stereocenters. The number of imidazole rings is 1. The summed E-state index contributed by atoms with van der Waals surface area (Å²) in [5.74, 6) is -0.00925. The van der Waals surface area contributed by atoms with Gasteiger partial charge in [0.05, 0.1) is 18.1 Å². The van der Waals surface area contributed by atoms with Crippen molar-refractivity contribution in [1.29, 1.82) is 0 Å². The number of halogens is 2. The standard InChI is InChI=1S/C29H22Cl2N6O4S/c1-41-29(40)36-26-35-24-16-23(12-13-25(24)37(26)28(39)34-21-7-3-5-18(31)15-21)42-22-10-8-19(9-11-22)32-27(38)33-20-6-2-4-17(30)14-20/h2-16H,1H3,(H,34,39)(H2,32,33,38)(H,35,36,40). The maximum Gasteiger partial charge on any atom is 0.413 e. The molecule has 0 saturated carbocycles. The molecule has 0 aliphatic rings. The predicted molar refractivity (Wildman–Crippen MR) is 166 cm³/mol. The summed E-state index contributed by atoms with van der Waals surface area (Å²) in [5, 5.41) is 11.7. The number of anilines is 4. The molecule has 0 unspecified atom stereocenters. The lowest BCUT2D eigenvalue weighted by atomic mass is 10.3. The first kappa shape index (κ1) is 28.8. The quantitative estimate of drug-likeness (QED) is 0.151. The highest BCUT2D eigenvalue weighted by Crippen LogP contribution is 2.32. The zero-order valence-corrected chi connectivity index (χ0v) is 24.2. The average molecular weight is 622 g/mol. The van der Waals surface area contributed by atoms with Crippen molar-refractivity contribution in [2.75, 3.05) is 28.4 Å². The van der Waals surface area contributed by atoms with E-state index in [4.69, 9.17) is 27.9 Å². The van der Waals surface area contributed by atoms with Crippen molar-refractivity contribution in [2.24, 2.45) is 0 Å². The fraction of sp³-hybridized carbons (Fsp3) is 0.0345. The van der Waals surface area contributed by atoms with Crippen molar-refractivity contribution in [2.45, 2.75) is 9.79 Å². The Kier molecular flexibility index (Phi) is 8.82. The summed E-state index contributed by atoms with van der Waals surface area (Å²) in [6.45, 7) is 0. The van der Waals surface area contributed by atoms with E-state index in [0.717, 1.165) is 9.79 Å². The van der Waals surface area contributed by atoms with Crippen molar-refractivity contribution in [3.8, 4) is 0 Å². The highest BCUT2D eigenvalue weighted by atomic mass is 35.5. The van der Waals surface area contributed by atoms with Gasteiger partial charge in [0.15, 0.2) is 0 Å². The number of nitrogens with one attached hydrogen (secondary N) is 4. The minimum atomic E-state index is -0.772. The lowest BCUT2D eigenvalue weighted by molar-refractivity contribution is 0.186. The zero-order valence-electron chi connectivity index (χ0n) is 21.9. The van der Waals surface area contributed by atoms with Gasteiger partial charge >= 0.3 is 18.2 Å². The van der Waals surface area contributed by atoms with Crippen molar-refractivity contribution in [3.63, 3.8) is 0 Å². The number of aromatic nitrogens is 2. The van der Waals surface area contributed by atoms with E-state index in [1.165, 1.54) is 23.4 Å². The van der Waals surface area contributed by atoms with Crippen LogP contribution in [0.1, 0.15) is 0 Å². The Labute approximate surface area is 254 Å². The normalized spacial score (nSPS) is 10.6. The van der Waals surface area contributed by atoms with Gasteiger partial charge in [0.25, 0.3) is 0 Å². The number of nitrogens with zero attached hydrogens (tertiary/aromatic N) is 2. The first-order valence-electron chi connectivity index (χ1n) is 12.3. The van der Waals surface area contributed by atoms with E-state index >= 15 is 0 Å². The van der Waals surface area contributed by atoms with Crippen LogP contribution in [0.3, 0.4) is 0 Å². The molecule has 1 heterocycles. The first-order chi connectivity index (χ1) is 20.3. The molecule has 4 N–H and O–H groups in total. The summed E-state index contributed by atoms with van der Waals surface area (Å²) < 4.78 is 5.94. The van der Waals surface area contributed by atoms with Crippen LogP contribution in [0.15, 0.2) is 101 Å². The number of rotatable bonds is 6. The summed E-state index contributed by atoms with van der Waals surface area (Å²) in [5.41, 5.74) is 2.61. The van der Waals surface area contributed by atoms with Crippen molar-refractivity contribution in [1.82, 2.24) is 9.55 Å². The Bertz CT molecular complexity index is 1800. The van der Waals surface area contributed by atoms with Gasteiger partial charge in [-0.25, -0.2) is 23.9 Å². The highest BCUT2D eigenvalue weighted by molar-refractivity contribution is 7.99. The van der Waals surface area contributed by atoms with Gasteiger partial charge in [-0.1, -0.05) is 47.1 Å². The van der Waals surface area contributed by atoms with Gasteiger partial charge in [-0.3, -0.25) is 5.32 Å². The summed E-state index contributed by atoms with van der Waals surface area (Å²) in [6.07, 6.45) is -0.772.